The molecule has 4 heterocycles. The van der Waals surface area contributed by atoms with Crippen LogP contribution in [0.1, 0.15) is 73.7 Å². The highest BCUT2D eigenvalue weighted by molar-refractivity contribution is 7.62. The second kappa shape index (κ2) is 20.7. The molecule has 330 valence electrons. The topological polar surface area (TPSA) is 186 Å². The lowest BCUT2D eigenvalue weighted by Gasteiger charge is -2.34. The van der Waals surface area contributed by atoms with E-state index in [1.807, 2.05) is 24.3 Å². The van der Waals surface area contributed by atoms with Crippen LogP contribution in [0.25, 0.3) is 0 Å². The number of hydrogen-bond acceptors (Lipinski definition) is 14. The van der Waals surface area contributed by atoms with Gasteiger partial charge < -0.3 is 44.3 Å². The fourth-order valence-electron chi connectivity index (χ4n) is 8.11. The number of piperidine rings is 2. The summed E-state index contributed by atoms with van der Waals surface area (Å²) >= 11 is 6.47. The Labute approximate surface area is 366 Å². The first-order valence-corrected chi connectivity index (χ1v) is 23.0. The molecule has 0 bridgehead atoms. The van der Waals surface area contributed by atoms with Crippen molar-refractivity contribution >= 4 is 71.1 Å². The van der Waals surface area contributed by atoms with Crippen molar-refractivity contribution in [2.45, 2.75) is 76.4 Å². The lowest BCUT2D eigenvalue weighted by molar-refractivity contribution is -0.136. The Morgan fingerprint density at radius 3 is 2.42 bits per heavy atom. The number of hydrogen-bond donors (Lipinski definition) is 4. The molecule has 3 aromatic carbocycles. The Bertz CT molecular complexity index is 2290. The zero-order chi connectivity index (χ0) is 43.6. The van der Waals surface area contributed by atoms with Gasteiger partial charge in [-0.3, -0.25) is 24.3 Å². The number of carbonyl (C=O) groups excluding carboxylic acids is 3. The Morgan fingerprint density at radius 2 is 1.65 bits per heavy atom. The molecule has 2 fully saturated rings. The first-order valence-electron chi connectivity index (χ1n) is 21.0. The average molecular weight is 889 g/mol. The highest BCUT2D eigenvalue weighted by Gasteiger charge is 2.40. The van der Waals surface area contributed by atoms with Gasteiger partial charge in [0.1, 0.15) is 22.6 Å². The molecule has 2 saturated heterocycles. The molecular formula is C44H54ClN8O8P. The zero-order valence-corrected chi connectivity index (χ0v) is 36.9. The molecule has 1 aromatic heterocycles. The van der Waals surface area contributed by atoms with Gasteiger partial charge in [-0.2, -0.15) is 4.98 Å². The minimum Gasteiger partial charge on any atom is -0.494 e. The number of nitrogens with zero attached hydrogens (tertiary/aromatic N) is 4. The molecule has 16 nitrogen and oxygen atoms in total. The molecular weight excluding hydrogens is 835 g/mol. The van der Waals surface area contributed by atoms with Crippen LogP contribution in [0.5, 0.6) is 11.5 Å². The number of ether oxygens (including phenoxy) is 2. The number of rotatable bonds is 20. The Balaban J connectivity index is 0.805. The van der Waals surface area contributed by atoms with Gasteiger partial charge in [0.05, 0.1) is 43.1 Å². The predicted molar refractivity (Wildman–Crippen MR) is 239 cm³/mol. The van der Waals surface area contributed by atoms with Gasteiger partial charge in [-0.05, 0) is 75.0 Å². The summed E-state index contributed by atoms with van der Waals surface area (Å²) in [7, 11) is 0.737. The van der Waals surface area contributed by atoms with Crippen molar-refractivity contribution in [2.24, 2.45) is 0 Å². The third-order valence-electron chi connectivity index (χ3n) is 11.5. The Morgan fingerprint density at radius 1 is 0.871 bits per heavy atom. The van der Waals surface area contributed by atoms with E-state index in [9.17, 15) is 18.9 Å². The SMILES string of the molecule is COc1cc(N2CCC(NCCCCCCCOc3cccc4c3CN(C3CCC(=O)NC3=O)C4=O)CC2)ccc1Nc1ncc(Cl)c(Nc2ccccc2P(=O)(OC)OC)n1. The van der Waals surface area contributed by atoms with Gasteiger partial charge in [-0.15, -0.1) is 0 Å². The zero-order valence-electron chi connectivity index (χ0n) is 35.3. The van der Waals surface area contributed by atoms with E-state index in [1.54, 1.807) is 42.3 Å². The molecule has 4 N–H and O–H groups in total. The van der Waals surface area contributed by atoms with E-state index in [4.69, 9.17) is 30.1 Å². The quantitative estimate of drug-likeness (QED) is 0.0401. The van der Waals surface area contributed by atoms with Crippen LogP contribution in [-0.2, 0) is 29.7 Å². The summed E-state index contributed by atoms with van der Waals surface area (Å²) < 4.78 is 35.5. The van der Waals surface area contributed by atoms with Crippen LogP contribution in [0.3, 0.4) is 0 Å². The third-order valence-corrected chi connectivity index (χ3v) is 13.7. The third kappa shape index (κ3) is 10.5. The predicted octanol–water partition coefficient (Wildman–Crippen LogP) is 7.09. The van der Waals surface area contributed by atoms with E-state index in [-0.39, 0.29) is 29.2 Å². The van der Waals surface area contributed by atoms with Crippen LogP contribution in [-0.4, -0.2) is 92.2 Å². The van der Waals surface area contributed by atoms with E-state index >= 15 is 0 Å². The number of amides is 3. The molecule has 0 radical (unpaired) electrons. The minimum absolute atomic E-state index is 0.192. The van der Waals surface area contributed by atoms with Crippen LogP contribution in [0.2, 0.25) is 5.02 Å². The van der Waals surface area contributed by atoms with Gasteiger partial charge in [0.25, 0.3) is 5.91 Å². The lowest BCUT2D eigenvalue weighted by atomic mass is 10.0. The Kier molecular flexibility index (Phi) is 15.0. The molecule has 3 aliphatic rings. The van der Waals surface area contributed by atoms with Crippen LogP contribution >= 0.6 is 19.2 Å². The molecule has 1 unspecified atom stereocenters. The van der Waals surface area contributed by atoms with Gasteiger partial charge in [0.15, 0.2) is 5.82 Å². The second-order valence-electron chi connectivity index (χ2n) is 15.4. The van der Waals surface area contributed by atoms with E-state index in [2.05, 4.69) is 42.2 Å². The summed E-state index contributed by atoms with van der Waals surface area (Å²) in [4.78, 5) is 50.0. The molecule has 0 aliphatic carbocycles. The van der Waals surface area contributed by atoms with Crippen molar-refractivity contribution in [2.75, 3.05) is 63.1 Å². The molecule has 4 aromatic rings. The van der Waals surface area contributed by atoms with Crippen LogP contribution < -0.4 is 40.9 Å². The largest absolute Gasteiger partial charge is 0.494 e. The molecule has 1 atom stereocenters. The Hall–Kier alpha value is -5.25. The van der Waals surface area contributed by atoms with E-state index in [0.717, 1.165) is 75.8 Å². The number of carbonyl (C=O) groups is 3. The van der Waals surface area contributed by atoms with Crippen molar-refractivity contribution < 1.29 is 37.5 Å². The average Bonchev–Trinajstić information content (AvgIpc) is 3.63. The highest BCUT2D eigenvalue weighted by Crippen LogP contribution is 2.47. The highest BCUT2D eigenvalue weighted by atomic mass is 35.5. The number of benzene rings is 3. The van der Waals surface area contributed by atoms with Gasteiger partial charge in [-0.25, -0.2) is 4.98 Å². The second-order valence-corrected chi connectivity index (χ2v) is 18.0. The summed E-state index contributed by atoms with van der Waals surface area (Å²) in [5.41, 5.74) is 3.61. The van der Waals surface area contributed by atoms with Crippen LogP contribution in [0.15, 0.2) is 66.9 Å². The number of methoxy groups -OCH3 is 1. The van der Waals surface area contributed by atoms with E-state index < -0.39 is 19.5 Å². The molecule has 7 rings (SSSR count). The normalized spacial score (nSPS) is 16.9. The standard InChI is InChI=1S/C44H54ClN8O8P/c1-58-38-26-30(16-17-34(38)49-44-47-27-33(45)41(51-44)48-35-13-7-8-15-39(35)62(57,59-2)60-3)52-23-20-29(21-24-52)46-22-9-5-4-6-10-25-61-37-14-11-12-31-32(37)28-53(43(31)56)36-18-19-40(54)50-42(36)55/h7-8,11-17,26-27,29,36,46H,4-6,9-10,18-25,28H2,1-3H3,(H,50,54,55)(H2,47,48,49,51). The number of fused-ring (bicyclic) bond motifs is 1. The van der Waals surface area contributed by atoms with Crippen molar-refractivity contribution in [3.05, 3.63) is 83.0 Å². The van der Waals surface area contributed by atoms with Gasteiger partial charge in [-0.1, -0.05) is 49.1 Å². The molecule has 3 amide bonds. The van der Waals surface area contributed by atoms with Gasteiger partial charge in [0.2, 0.25) is 17.8 Å². The van der Waals surface area contributed by atoms with Gasteiger partial charge >= 0.3 is 7.60 Å². The van der Waals surface area contributed by atoms with Crippen LogP contribution in [0.4, 0.5) is 28.8 Å². The summed E-state index contributed by atoms with van der Waals surface area (Å²) in [6, 6.07) is 18.3. The van der Waals surface area contributed by atoms with Gasteiger partial charge in [0, 0.05) is 62.7 Å². The van der Waals surface area contributed by atoms with Crippen molar-refractivity contribution in [3.63, 3.8) is 0 Å². The van der Waals surface area contributed by atoms with Crippen LogP contribution in [0, 0.1) is 0 Å². The molecule has 0 spiro atoms. The van der Waals surface area contributed by atoms with Crippen molar-refractivity contribution in [1.29, 1.82) is 0 Å². The first kappa shape index (κ1) is 44.8. The number of halogens is 1. The number of anilines is 5. The maximum atomic E-state index is 13.2. The molecule has 18 heteroatoms. The lowest BCUT2D eigenvalue weighted by Crippen LogP contribution is -2.52. The first-order chi connectivity index (χ1) is 30.1. The number of unbranched alkanes of at least 4 members (excludes halogenated alkanes) is 4. The number of nitrogens with one attached hydrogen (secondary N) is 4. The minimum atomic E-state index is -3.56. The number of para-hydroxylation sites is 1. The molecule has 0 saturated carbocycles. The summed E-state index contributed by atoms with van der Waals surface area (Å²) in [6.07, 6.45) is 9.49. The monoisotopic (exact) mass is 888 g/mol. The maximum Gasteiger partial charge on any atom is 0.362 e. The maximum absolute atomic E-state index is 13.2. The number of aromatic nitrogens is 2. The smallest absolute Gasteiger partial charge is 0.362 e. The van der Waals surface area contributed by atoms with E-state index in [1.165, 1.54) is 20.4 Å². The molecule has 3 aliphatic heterocycles. The summed E-state index contributed by atoms with van der Waals surface area (Å²) in [5, 5.41) is 13.1. The fraction of sp³-hybridized carbons (Fsp3) is 0.432. The summed E-state index contributed by atoms with van der Waals surface area (Å²) in [5.74, 6) is 1.03. The van der Waals surface area contributed by atoms with E-state index in [0.29, 0.717) is 65.2 Å². The van der Waals surface area contributed by atoms with Crippen molar-refractivity contribution in [3.8, 4) is 11.5 Å². The number of imide groups is 1. The molecule has 62 heavy (non-hydrogen) atoms. The van der Waals surface area contributed by atoms with Crippen molar-refractivity contribution in [1.82, 2.24) is 25.5 Å². The fourth-order valence-corrected chi connectivity index (χ4v) is 9.49. The summed E-state index contributed by atoms with van der Waals surface area (Å²) in [6.45, 7) is 3.71.